The van der Waals surface area contributed by atoms with E-state index >= 15 is 0 Å². The number of halogens is 4. The van der Waals surface area contributed by atoms with Gasteiger partial charge in [0.1, 0.15) is 16.8 Å². The SMILES string of the molecule is Cc1nc2c(CCC(C)NS(=O)(=O)CC(F)(F)F)ccc3[nH]c(=O)c1n32.Cl. The van der Waals surface area contributed by atoms with E-state index in [0.29, 0.717) is 28.9 Å². The van der Waals surface area contributed by atoms with Crippen LogP contribution in [-0.4, -0.2) is 40.8 Å². The molecule has 0 aliphatic rings. The first-order valence-corrected chi connectivity index (χ1v) is 9.51. The van der Waals surface area contributed by atoms with Crippen molar-refractivity contribution < 1.29 is 21.6 Å². The van der Waals surface area contributed by atoms with Gasteiger partial charge in [-0.15, -0.1) is 12.4 Å². The van der Waals surface area contributed by atoms with E-state index in [2.05, 4.69) is 9.97 Å². The Morgan fingerprint density at radius 3 is 2.63 bits per heavy atom. The predicted octanol–water partition coefficient (Wildman–Crippen LogP) is 2.15. The highest BCUT2D eigenvalue weighted by atomic mass is 35.5. The minimum Gasteiger partial charge on any atom is -0.306 e. The number of rotatable bonds is 6. The number of alkyl halides is 3. The zero-order valence-corrected chi connectivity index (χ0v) is 16.1. The summed E-state index contributed by atoms with van der Waals surface area (Å²) in [7, 11) is -4.44. The van der Waals surface area contributed by atoms with E-state index in [0.717, 1.165) is 5.56 Å². The Morgan fingerprint density at radius 2 is 2.00 bits per heavy atom. The van der Waals surface area contributed by atoms with Gasteiger partial charge in [0, 0.05) is 6.04 Å². The number of aryl methyl sites for hydroxylation is 2. The van der Waals surface area contributed by atoms with Gasteiger partial charge in [-0.1, -0.05) is 6.07 Å². The molecular weight excluding hydrogens is 409 g/mol. The number of imidazole rings is 2. The van der Waals surface area contributed by atoms with E-state index in [-0.39, 0.29) is 24.4 Å². The molecule has 0 saturated carbocycles. The van der Waals surface area contributed by atoms with Crippen molar-refractivity contribution in [2.75, 3.05) is 5.75 Å². The fraction of sp³-hybridized carbons (Fsp3) is 0.467. The molecule has 12 heteroatoms. The largest absolute Gasteiger partial charge is 0.404 e. The molecule has 3 heterocycles. The summed E-state index contributed by atoms with van der Waals surface area (Å²) in [4.78, 5) is 19.0. The number of hydrogen-bond donors (Lipinski definition) is 2. The maximum absolute atomic E-state index is 12.3. The Balaban J connectivity index is 0.00000261. The lowest BCUT2D eigenvalue weighted by atomic mass is 10.1. The fourth-order valence-electron chi connectivity index (χ4n) is 3.04. The van der Waals surface area contributed by atoms with Crippen LogP contribution in [0.5, 0.6) is 0 Å². The van der Waals surface area contributed by atoms with Crippen LogP contribution in [0.4, 0.5) is 13.2 Å². The van der Waals surface area contributed by atoms with Gasteiger partial charge in [-0.2, -0.15) is 13.2 Å². The second kappa shape index (κ2) is 7.28. The van der Waals surface area contributed by atoms with E-state index in [1.165, 1.54) is 6.92 Å². The second-order valence-electron chi connectivity index (χ2n) is 6.33. The van der Waals surface area contributed by atoms with Gasteiger partial charge >= 0.3 is 6.18 Å². The van der Waals surface area contributed by atoms with Crippen molar-refractivity contribution in [2.24, 2.45) is 0 Å². The van der Waals surface area contributed by atoms with Crippen molar-refractivity contribution in [3.8, 4) is 0 Å². The summed E-state index contributed by atoms with van der Waals surface area (Å²) < 4.78 is 63.6. The van der Waals surface area contributed by atoms with E-state index in [1.807, 2.05) is 4.72 Å². The van der Waals surface area contributed by atoms with Crippen LogP contribution in [0.1, 0.15) is 24.6 Å². The first-order chi connectivity index (χ1) is 12.0. The smallest absolute Gasteiger partial charge is 0.306 e. The number of sulfonamides is 1. The molecule has 0 amide bonds. The molecule has 0 aliphatic carbocycles. The second-order valence-corrected chi connectivity index (χ2v) is 8.09. The minimum atomic E-state index is -4.79. The molecule has 27 heavy (non-hydrogen) atoms. The zero-order valence-electron chi connectivity index (χ0n) is 14.4. The van der Waals surface area contributed by atoms with Gasteiger partial charge in [0.05, 0.1) is 5.69 Å². The summed E-state index contributed by atoms with van der Waals surface area (Å²) in [5, 5.41) is 0. The van der Waals surface area contributed by atoms with Crippen LogP contribution >= 0.6 is 12.4 Å². The van der Waals surface area contributed by atoms with E-state index < -0.39 is 28.0 Å². The van der Waals surface area contributed by atoms with Crippen LogP contribution in [0.3, 0.4) is 0 Å². The monoisotopic (exact) mass is 426 g/mol. The molecule has 3 rings (SSSR count). The topological polar surface area (TPSA) is 96.3 Å². The highest BCUT2D eigenvalue weighted by Crippen LogP contribution is 2.21. The van der Waals surface area contributed by atoms with Gasteiger partial charge in [-0.05, 0) is 38.3 Å². The highest BCUT2D eigenvalue weighted by Gasteiger charge is 2.35. The molecule has 0 saturated heterocycles. The van der Waals surface area contributed by atoms with Crippen LogP contribution in [0.15, 0.2) is 16.9 Å². The molecule has 0 radical (unpaired) electrons. The Morgan fingerprint density at radius 1 is 1.33 bits per heavy atom. The fourth-order valence-corrected chi connectivity index (χ4v) is 4.28. The maximum Gasteiger partial charge on any atom is 0.404 e. The van der Waals surface area contributed by atoms with Gasteiger partial charge < -0.3 is 4.98 Å². The first-order valence-electron chi connectivity index (χ1n) is 7.86. The van der Waals surface area contributed by atoms with Crippen LogP contribution < -0.4 is 10.3 Å². The summed E-state index contributed by atoms with van der Waals surface area (Å²) >= 11 is 0. The molecule has 1 atom stereocenters. The third kappa shape index (κ3) is 4.53. The van der Waals surface area contributed by atoms with Gasteiger partial charge in [-0.25, -0.2) is 18.1 Å². The van der Waals surface area contributed by atoms with Crippen molar-refractivity contribution in [1.82, 2.24) is 19.1 Å². The van der Waals surface area contributed by atoms with Gasteiger partial charge in [-0.3, -0.25) is 9.20 Å². The average Bonchev–Trinajstić information content (AvgIpc) is 2.97. The Labute approximate surface area is 158 Å². The highest BCUT2D eigenvalue weighted by molar-refractivity contribution is 7.89. The minimum absolute atomic E-state index is 0. The zero-order chi connectivity index (χ0) is 19.3. The van der Waals surface area contributed by atoms with Crippen molar-refractivity contribution >= 4 is 39.2 Å². The van der Waals surface area contributed by atoms with Crippen LogP contribution in [-0.2, 0) is 16.4 Å². The summed E-state index contributed by atoms with van der Waals surface area (Å²) in [6.45, 7) is 3.22. The molecule has 0 fully saturated rings. The molecule has 0 bridgehead atoms. The number of aromatic amines is 1. The predicted molar refractivity (Wildman–Crippen MR) is 97.3 cm³/mol. The van der Waals surface area contributed by atoms with Gasteiger partial charge in [0.15, 0.2) is 5.75 Å². The maximum atomic E-state index is 12.3. The molecule has 150 valence electrons. The number of nitrogens with zero attached hydrogens (tertiary/aromatic N) is 2. The number of hydrogen-bond acceptors (Lipinski definition) is 4. The number of nitrogens with one attached hydrogen (secondary N) is 2. The van der Waals surface area contributed by atoms with E-state index in [4.69, 9.17) is 0 Å². The van der Waals surface area contributed by atoms with Gasteiger partial charge in [0.2, 0.25) is 10.0 Å². The van der Waals surface area contributed by atoms with Crippen molar-refractivity contribution in [3.63, 3.8) is 0 Å². The molecule has 7 nitrogen and oxygen atoms in total. The normalized spacial score (nSPS) is 14.0. The Kier molecular flexibility index (Phi) is 5.79. The molecule has 2 N–H and O–H groups in total. The number of H-pyrrole nitrogens is 1. The van der Waals surface area contributed by atoms with Crippen molar-refractivity contribution in [1.29, 1.82) is 0 Å². The van der Waals surface area contributed by atoms with E-state index in [9.17, 15) is 26.4 Å². The third-order valence-electron chi connectivity index (χ3n) is 4.06. The molecule has 0 aromatic carbocycles. The van der Waals surface area contributed by atoms with Crippen LogP contribution in [0.25, 0.3) is 16.8 Å². The molecule has 3 aromatic rings. The average molecular weight is 427 g/mol. The summed E-state index contributed by atoms with van der Waals surface area (Å²) in [6, 6.07) is 2.81. The first kappa shape index (κ1) is 21.5. The quantitative estimate of drug-likeness (QED) is 0.631. The summed E-state index contributed by atoms with van der Waals surface area (Å²) in [5.41, 5.74) is 2.75. The van der Waals surface area contributed by atoms with Crippen LogP contribution in [0, 0.1) is 6.92 Å². The summed E-state index contributed by atoms with van der Waals surface area (Å²) in [6.07, 6.45) is -4.11. The lowest BCUT2D eigenvalue weighted by Gasteiger charge is -2.15. The number of pyridine rings is 1. The standard InChI is InChI=1S/C15H17F3N4O3S.ClH/c1-8(21-26(24,25)7-15(16,17)18)3-4-10-5-6-11-20-14(23)12-9(2)19-13(10)22(11)12;/h5-6,8,21H,3-4,7H2,1-2H3,(H,20,23);1H. The van der Waals surface area contributed by atoms with E-state index in [1.54, 1.807) is 23.5 Å². The number of aromatic nitrogens is 3. The molecule has 1 unspecified atom stereocenters. The lowest BCUT2D eigenvalue weighted by molar-refractivity contribution is -0.106. The van der Waals surface area contributed by atoms with Gasteiger partial charge in [0.25, 0.3) is 5.56 Å². The van der Waals surface area contributed by atoms with Crippen molar-refractivity contribution in [2.45, 2.75) is 38.9 Å². The lowest BCUT2D eigenvalue weighted by Crippen LogP contribution is -2.38. The summed E-state index contributed by atoms with van der Waals surface area (Å²) in [5.74, 6) is -1.90. The molecular formula is C15H18ClF3N4O3S. The molecule has 0 spiro atoms. The van der Waals surface area contributed by atoms with Crippen molar-refractivity contribution in [3.05, 3.63) is 33.7 Å². The Hall–Kier alpha value is -1.85. The Bertz CT molecular complexity index is 1110. The molecule has 0 aliphatic heterocycles. The van der Waals surface area contributed by atoms with Crippen LogP contribution in [0.2, 0.25) is 0 Å². The molecule has 3 aromatic heterocycles. The third-order valence-corrected chi connectivity index (χ3v) is 5.53.